The molecule has 1 atom stereocenters. The highest BCUT2D eigenvalue weighted by molar-refractivity contribution is 5.84. The summed E-state index contributed by atoms with van der Waals surface area (Å²) in [7, 11) is 0. The number of carboxylic acid groups (broad SMARTS) is 1. The van der Waals surface area contributed by atoms with Crippen LogP contribution in [0.5, 0.6) is 5.75 Å². The minimum Gasteiger partial charge on any atom is -0.483 e. The Labute approximate surface area is 118 Å². The van der Waals surface area contributed by atoms with E-state index in [0.29, 0.717) is 0 Å². The number of halogens is 3. The molecule has 0 bridgehead atoms. The highest BCUT2D eigenvalue weighted by Crippen LogP contribution is 2.35. The number of ether oxygens (including phenoxy) is 1. The molecule has 0 heterocycles. The zero-order chi connectivity index (χ0) is 16.0. The fourth-order valence-corrected chi connectivity index (χ4v) is 1.54. The number of hydrogen-bond acceptors (Lipinski definition) is 3. The average Bonchev–Trinajstić information content (AvgIpc) is 2.41. The van der Waals surface area contributed by atoms with Crippen LogP contribution in [-0.4, -0.2) is 29.6 Å². The molecule has 21 heavy (non-hydrogen) atoms. The lowest BCUT2D eigenvalue weighted by Gasteiger charge is -2.15. The predicted octanol–water partition coefficient (Wildman–Crippen LogP) is 2.06. The zero-order valence-corrected chi connectivity index (χ0v) is 11.1. The molecule has 0 aliphatic heterocycles. The molecule has 0 aromatic heterocycles. The van der Waals surface area contributed by atoms with Gasteiger partial charge in [-0.15, -0.1) is 0 Å². The van der Waals surface area contributed by atoms with Crippen molar-refractivity contribution >= 4 is 11.9 Å². The van der Waals surface area contributed by atoms with Crippen molar-refractivity contribution in [3.05, 3.63) is 29.8 Å². The molecule has 5 nitrogen and oxygen atoms in total. The summed E-state index contributed by atoms with van der Waals surface area (Å²) >= 11 is 0. The molecule has 2 N–H and O–H groups in total. The number of amides is 1. The second-order valence-electron chi connectivity index (χ2n) is 4.15. The molecule has 0 saturated carbocycles. The van der Waals surface area contributed by atoms with Crippen LogP contribution in [0, 0.1) is 0 Å². The van der Waals surface area contributed by atoms with E-state index in [1.54, 1.807) is 6.92 Å². The molecule has 8 heteroatoms. The number of para-hydroxylation sites is 1. The Morgan fingerprint density at radius 3 is 2.48 bits per heavy atom. The number of nitrogens with one attached hydrogen (secondary N) is 1. The zero-order valence-electron chi connectivity index (χ0n) is 11.1. The van der Waals surface area contributed by atoms with Gasteiger partial charge >= 0.3 is 12.1 Å². The van der Waals surface area contributed by atoms with Crippen molar-refractivity contribution < 1.29 is 32.6 Å². The molecule has 0 spiro atoms. The average molecular weight is 305 g/mol. The van der Waals surface area contributed by atoms with E-state index in [2.05, 4.69) is 5.32 Å². The number of carbonyl (C=O) groups excluding carboxylic acids is 1. The first-order valence-corrected chi connectivity index (χ1v) is 6.07. The molecule has 1 amide bonds. The predicted molar refractivity (Wildman–Crippen MR) is 66.8 cm³/mol. The van der Waals surface area contributed by atoms with Crippen LogP contribution >= 0.6 is 0 Å². The quantitative estimate of drug-likeness (QED) is 0.843. The van der Waals surface area contributed by atoms with Gasteiger partial charge in [-0.25, -0.2) is 4.79 Å². The van der Waals surface area contributed by atoms with E-state index in [-0.39, 0.29) is 6.42 Å². The summed E-state index contributed by atoms with van der Waals surface area (Å²) < 4.78 is 42.9. The summed E-state index contributed by atoms with van der Waals surface area (Å²) in [5.41, 5.74) is -0.997. The van der Waals surface area contributed by atoms with E-state index in [1.807, 2.05) is 0 Å². The van der Waals surface area contributed by atoms with Crippen molar-refractivity contribution in [1.82, 2.24) is 5.32 Å². The number of carbonyl (C=O) groups is 2. The van der Waals surface area contributed by atoms with Gasteiger partial charge in [-0.3, -0.25) is 4.79 Å². The summed E-state index contributed by atoms with van der Waals surface area (Å²) in [4.78, 5) is 22.2. The summed E-state index contributed by atoms with van der Waals surface area (Å²) in [6, 6.07) is 3.37. The minimum atomic E-state index is -4.60. The van der Waals surface area contributed by atoms with Gasteiger partial charge < -0.3 is 15.2 Å². The first-order valence-electron chi connectivity index (χ1n) is 6.07. The van der Waals surface area contributed by atoms with Crippen LogP contribution in [0.25, 0.3) is 0 Å². The molecule has 0 aliphatic carbocycles. The van der Waals surface area contributed by atoms with Crippen molar-refractivity contribution in [3.8, 4) is 5.75 Å². The maximum absolute atomic E-state index is 12.7. The third-order valence-corrected chi connectivity index (χ3v) is 2.59. The lowest BCUT2D eigenvalue weighted by Crippen LogP contribution is -2.42. The van der Waals surface area contributed by atoms with Crippen LogP contribution in [0.4, 0.5) is 13.2 Å². The van der Waals surface area contributed by atoms with E-state index in [9.17, 15) is 22.8 Å². The van der Waals surface area contributed by atoms with E-state index >= 15 is 0 Å². The maximum Gasteiger partial charge on any atom is 0.419 e. The van der Waals surface area contributed by atoms with Crippen molar-refractivity contribution in [3.63, 3.8) is 0 Å². The first-order chi connectivity index (χ1) is 9.75. The molecule has 116 valence electrons. The highest BCUT2D eigenvalue weighted by Gasteiger charge is 2.34. The number of benzene rings is 1. The van der Waals surface area contributed by atoms with Crippen LogP contribution in [0.3, 0.4) is 0 Å². The number of aliphatic carboxylic acids is 1. The molecule has 1 aromatic rings. The number of carboxylic acids is 1. The Balaban J connectivity index is 2.68. The summed E-state index contributed by atoms with van der Waals surface area (Å²) in [5, 5.41) is 10.9. The lowest BCUT2D eigenvalue weighted by atomic mass is 10.2. The van der Waals surface area contributed by atoms with Gasteiger partial charge in [0, 0.05) is 0 Å². The van der Waals surface area contributed by atoms with Crippen LogP contribution in [-0.2, 0) is 15.8 Å². The topological polar surface area (TPSA) is 75.6 Å². The van der Waals surface area contributed by atoms with Gasteiger partial charge in [-0.2, -0.15) is 13.2 Å². The largest absolute Gasteiger partial charge is 0.483 e. The molecule has 1 rings (SSSR count). The van der Waals surface area contributed by atoms with Gasteiger partial charge in [-0.05, 0) is 18.6 Å². The number of rotatable bonds is 6. The smallest absolute Gasteiger partial charge is 0.419 e. The van der Waals surface area contributed by atoms with Gasteiger partial charge in [0.2, 0.25) is 0 Å². The van der Waals surface area contributed by atoms with Crippen LogP contribution < -0.4 is 10.1 Å². The van der Waals surface area contributed by atoms with Gasteiger partial charge in [-0.1, -0.05) is 19.1 Å². The maximum atomic E-state index is 12.7. The normalized spacial score (nSPS) is 12.6. The molecular formula is C13H14F3NO4. The fraction of sp³-hybridized carbons (Fsp3) is 0.385. The second-order valence-corrected chi connectivity index (χ2v) is 4.15. The Kier molecular flexibility index (Phi) is 5.57. The lowest BCUT2D eigenvalue weighted by molar-refractivity contribution is -0.142. The second kappa shape index (κ2) is 6.96. The molecule has 0 saturated heterocycles. The van der Waals surface area contributed by atoms with E-state index < -0.39 is 42.0 Å². The van der Waals surface area contributed by atoms with Crippen molar-refractivity contribution in [2.24, 2.45) is 0 Å². The minimum absolute atomic E-state index is 0.153. The van der Waals surface area contributed by atoms with Gasteiger partial charge in [0.05, 0.1) is 5.56 Å². The highest BCUT2D eigenvalue weighted by atomic mass is 19.4. The third kappa shape index (κ3) is 4.97. The van der Waals surface area contributed by atoms with E-state index in [4.69, 9.17) is 9.84 Å². The molecule has 0 radical (unpaired) electrons. The van der Waals surface area contributed by atoms with Crippen LogP contribution in [0.15, 0.2) is 24.3 Å². The fourth-order valence-electron chi connectivity index (χ4n) is 1.54. The first kappa shape index (κ1) is 16.8. The summed E-state index contributed by atoms with van der Waals surface area (Å²) in [6.07, 6.45) is -4.44. The Bertz CT molecular complexity index is 516. The Hall–Kier alpha value is -2.25. The molecule has 1 aromatic carbocycles. The van der Waals surface area contributed by atoms with Gasteiger partial charge in [0.1, 0.15) is 11.8 Å². The van der Waals surface area contributed by atoms with Crippen molar-refractivity contribution in [1.29, 1.82) is 0 Å². The van der Waals surface area contributed by atoms with Crippen LogP contribution in [0.2, 0.25) is 0 Å². The molecule has 0 fully saturated rings. The monoisotopic (exact) mass is 305 g/mol. The van der Waals surface area contributed by atoms with Crippen molar-refractivity contribution in [2.45, 2.75) is 25.6 Å². The Morgan fingerprint density at radius 2 is 1.95 bits per heavy atom. The van der Waals surface area contributed by atoms with Crippen LogP contribution in [0.1, 0.15) is 18.9 Å². The van der Waals surface area contributed by atoms with E-state index in [1.165, 1.54) is 12.1 Å². The van der Waals surface area contributed by atoms with E-state index in [0.717, 1.165) is 12.1 Å². The molecule has 0 aliphatic rings. The Morgan fingerprint density at radius 1 is 1.33 bits per heavy atom. The third-order valence-electron chi connectivity index (χ3n) is 2.59. The van der Waals surface area contributed by atoms with Crippen molar-refractivity contribution in [2.75, 3.05) is 6.61 Å². The SMILES string of the molecule is CCC(NC(=O)COc1ccccc1C(F)(F)F)C(=O)O. The van der Waals surface area contributed by atoms with Gasteiger partial charge in [0.25, 0.3) is 5.91 Å². The summed E-state index contributed by atoms with van der Waals surface area (Å²) in [5.74, 6) is -2.51. The number of alkyl halides is 3. The summed E-state index contributed by atoms with van der Waals surface area (Å²) in [6.45, 7) is 0.857. The standard InChI is InChI=1S/C13H14F3NO4/c1-2-9(12(19)20)17-11(18)7-21-10-6-4-3-5-8(10)13(14,15)16/h3-6,9H,2,7H2,1H3,(H,17,18)(H,19,20). The van der Waals surface area contributed by atoms with Gasteiger partial charge in [0.15, 0.2) is 6.61 Å². The molecule has 1 unspecified atom stereocenters. The molecular weight excluding hydrogens is 291 g/mol. The number of hydrogen-bond donors (Lipinski definition) is 2.